The highest BCUT2D eigenvalue weighted by atomic mass is 19.1. The lowest BCUT2D eigenvalue weighted by atomic mass is 10.1. The van der Waals surface area contributed by atoms with Crippen LogP contribution in [-0.2, 0) is 16.0 Å². The molecule has 6 heteroatoms. The van der Waals surface area contributed by atoms with Crippen LogP contribution in [0.25, 0.3) is 11.3 Å². The van der Waals surface area contributed by atoms with E-state index in [0.717, 1.165) is 25.0 Å². The molecule has 1 aromatic carbocycles. The molecule has 1 fully saturated rings. The molecule has 5 nitrogen and oxygen atoms in total. The van der Waals surface area contributed by atoms with E-state index in [1.807, 2.05) is 6.92 Å². The lowest BCUT2D eigenvalue weighted by molar-refractivity contribution is -0.122. The van der Waals surface area contributed by atoms with Crippen LogP contribution >= 0.6 is 0 Å². The molecule has 0 aliphatic carbocycles. The number of nitrogens with zero attached hydrogens (tertiary/aromatic N) is 1. The Balaban J connectivity index is 1.49. The molecule has 0 bridgehead atoms. The summed E-state index contributed by atoms with van der Waals surface area (Å²) in [5.74, 6) is 0.724. The van der Waals surface area contributed by atoms with Gasteiger partial charge in [-0.3, -0.25) is 4.79 Å². The maximum Gasteiger partial charge on any atom is 0.220 e. The second kappa shape index (κ2) is 7.57. The van der Waals surface area contributed by atoms with E-state index in [4.69, 9.17) is 9.15 Å². The van der Waals surface area contributed by atoms with Crippen LogP contribution in [0, 0.1) is 5.82 Å². The molecule has 0 spiro atoms. The van der Waals surface area contributed by atoms with E-state index in [1.54, 1.807) is 18.3 Å². The number of aromatic nitrogens is 1. The number of nitrogens with one attached hydrogen (secondary N) is 1. The van der Waals surface area contributed by atoms with Crippen LogP contribution in [0.5, 0.6) is 0 Å². The van der Waals surface area contributed by atoms with Crippen LogP contribution in [0.2, 0.25) is 0 Å². The number of hydrogen-bond donors (Lipinski definition) is 1. The van der Waals surface area contributed by atoms with Gasteiger partial charge in [0.05, 0.1) is 18.3 Å². The summed E-state index contributed by atoms with van der Waals surface area (Å²) in [6, 6.07) is 6.03. The van der Waals surface area contributed by atoms with Crippen LogP contribution in [0.1, 0.15) is 32.1 Å². The number of carbonyl (C=O) groups is 1. The third-order valence-electron chi connectivity index (χ3n) is 4.16. The van der Waals surface area contributed by atoms with Gasteiger partial charge in [-0.15, -0.1) is 0 Å². The molecule has 1 saturated heterocycles. The normalized spacial score (nSPS) is 18.5. The number of halogens is 1. The van der Waals surface area contributed by atoms with E-state index >= 15 is 0 Å². The molecule has 0 saturated carbocycles. The van der Waals surface area contributed by atoms with Gasteiger partial charge in [0, 0.05) is 25.0 Å². The molecule has 2 heterocycles. The van der Waals surface area contributed by atoms with Crippen molar-refractivity contribution >= 4 is 5.91 Å². The molecule has 24 heavy (non-hydrogen) atoms. The molecule has 1 amide bonds. The van der Waals surface area contributed by atoms with Crippen LogP contribution in [0.15, 0.2) is 34.9 Å². The fourth-order valence-electron chi connectivity index (χ4n) is 2.81. The number of aryl methyl sites for hydroxylation is 1. The van der Waals surface area contributed by atoms with Crippen molar-refractivity contribution in [2.24, 2.45) is 0 Å². The number of benzene rings is 1. The molecule has 1 N–H and O–H groups in total. The zero-order chi connectivity index (χ0) is 16.9. The molecule has 1 aromatic heterocycles. The number of hydrogen-bond acceptors (Lipinski definition) is 4. The number of carbonyl (C=O) groups excluding carboxylic acids is 1. The van der Waals surface area contributed by atoms with Gasteiger partial charge in [-0.1, -0.05) is 0 Å². The van der Waals surface area contributed by atoms with Gasteiger partial charge >= 0.3 is 0 Å². The van der Waals surface area contributed by atoms with E-state index in [2.05, 4.69) is 10.3 Å². The van der Waals surface area contributed by atoms with Crippen molar-refractivity contribution in [3.63, 3.8) is 0 Å². The Bertz CT molecular complexity index is 678. The van der Waals surface area contributed by atoms with Crippen LogP contribution in [0.4, 0.5) is 4.39 Å². The molecule has 1 aliphatic rings. The smallest absolute Gasteiger partial charge is 0.220 e. The van der Waals surface area contributed by atoms with E-state index in [0.29, 0.717) is 24.5 Å². The van der Waals surface area contributed by atoms with Crippen molar-refractivity contribution in [3.8, 4) is 11.3 Å². The van der Waals surface area contributed by atoms with Crippen molar-refractivity contribution in [2.45, 2.75) is 44.8 Å². The first-order valence-corrected chi connectivity index (χ1v) is 8.23. The van der Waals surface area contributed by atoms with Gasteiger partial charge in [-0.25, -0.2) is 9.37 Å². The molecule has 0 unspecified atom stereocenters. The number of oxazole rings is 1. The van der Waals surface area contributed by atoms with Crippen LogP contribution in [0.3, 0.4) is 0 Å². The molecule has 2 aromatic rings. The maximum absolute atomic E-state index is 12.9. The summed E-state index contributed by atoms with van der Waals surface area (Å²) in [4.78, 5) is 16.2. The first kappa shape index (κ1) is 16.6. The average molecular weight is 332 g/mol. The van der Waals surface area contributed by atoms with E-state index in [9.17, 15) is 9.18 Å². The minimum atomic E-state index is -0.296. The summed E-state index contributed by atoms with van der Waals surface area (Å²) in [5.41, 5.74) is 0.756. The number of ether oxygens (including phenoxy) is 1. The fraction of sp³-hybridized carbons (Fsp3) is 0.444. The fourth-order valence-corrected chi connectivity index (χ4v) is 2.81. The summed E-state index contributed by atoms with van der Waals surface area (Å²) in [6.07, 6.45) is 4.47. The Morgan fingerprint density at radius 2 is 2.21 bits per heavy atom. The first-order valence-electron chi connectivity index (χ1n) is 8.23. The van der Waals surface area contributed by atoms with Gasteiger partial charge in [0.15, 0.2) is 11.7 Å². The van der Waals surface area contributed by atoms with Gasteiger partial charge in [0.2, 0.25) is 5.91 Å². The topological polar surface area (TPSA) is 64.4 Å². The maximum atomic E-state index is 12.9. The Hall–Kier alpha value is -2.21. The van der Waals surface area contributed by atoms with Crippen molar-refractivity contribution in [1.82, 2.24) is 10.3 Å². The molecular weight excluding hydrogens is 311 g/mol. The predicted molar refractivity (Wildman–Crippen MR) is 86.8 cm³/mol. The van der Waals surface area contributed by atoms with Crippen molar-refractivity contribution < 1.29 is 18.3 Å². The zero-order valence-electron chi connectivity index (χ0n) is 13.6. The second-order valence-electron chi connectivity index (χ2n) is 6.03. The lowest BCUT2D eigenvalue weighted by Gasteiger charge is -2.19. The van der Waals surface area contributed by atoms with Gasteiger partial charge in [-0.2, -0.15) is 0 Å². The molecule has 2 atom stereocenters. The lowest BCUT2D eigenvalue weighted by Crippen LogP contribution is -2.40. The van der Waals surface area contributed by atoms with Crippen molar-refractivity contribution in [3.05, 3.63) is 42.2 Å². The minimum Gasteiger partial charge on any atom is -0.441 e. The monoisotopic (exact) mass is 332 g/mol. The predicted octanol–water partition coefficient (Wildman–Crippen LogP) is 3.10. The standard InChI is InChI=1S/C18H21FN2O3/c1-12(15-3-2-10-23-15)21-17(22)8-9-18-20-11-16(24-18)13-4-6-14(19)7-5-13/h4-7,11-12,15H,2-3,8-10H2,1H3,(H,21,22)/t12-,15-/m0/s1. The summed E-state index contributed by atoms with van der Waals surface area (Å²) in [7, 11) is 0. The zero-order valence-corrected chi connectivity index (χ0v) is 13.6. The Labute approximate surface area is 140 Å². The van der Waals surface area contributed by atoms with Crippen LogP contribution in [-0.4, -0.2) is 29.6 Å². The van der Waals surface area contributed by atoms with E-state index in [-0.39, 0.29) is 23.9 Å². The molecular formula is C18H21FN2O3. The van der Waals surface area contributed by atoms with E-state index < -0.39 is 0 Å². The third kappa shape index (κ3) is 4.20. The Morgan fingerprint density at radius 3 is 2.92 bits per heavy atom. The number of amides is 1. The highest BCUT2D eigenvalue weighted by molar-refractivity contribution is 5.76. The van der Waals surface area contributed by atoms with Gasteiger partial charge in [0.1, 0.15) is 5.82 Å². The van der Waals surface area contributed by atoms with Crippen LogP contribution < -0.4 is 5.32 Å². The summed E-state index contributed by atoms with van der Waals surface area (Å²) >= 11 is 0. The SMILES string of the molecule is C[C@H](NC(=O)CCc1ncc(-c2ccc(F)cc2)o1)[C@@H]1CCCO1. The Morgan fingerprint density at radius 1 is 1.42 bits per heavy atom. The minimum absolute atomic E-state index is 0.0133. The van der Waals surface area contributed by atoms with Gasteiger partial charge in [0.25, 0.3) is 0 Å². The first-order chi connectivity index (χ1) is 11.6. The average Bonchev–Trinajstić information content (AvgIpc) is 3.25. The van der Waals surface area contributed by atoms with Crippen molar-refractivity contribution in [1.29, 1.82) is 0 Å². The van der Waals surface area contributed by atoms with Gasteiger partial charge < -0.3 is 14.5 Å². The third-order valence-corrected chi connectivity index (χ3v) is 4.16. The quantitative estimate of drug-likeness (QED) is 0.883. The highest BCUT2D eigenvalue weighted by Gasteiger charge is 2.23. The van der Waals surface area contributed by atoms with Gasteiger partial charge in [-0.05, 0) is 44.0 Å². The summed E-state index contributed by atoms with van der Waals surface area (Å²) in [5, 5.41) is 2.96. The molecule has 128 valence electrons. The summed E-state index contributed by atoms with van der Waals surface area (Å²) < 4.78 is 24.1. The molecule has 3 rings (SSSR count). The largest absolute Gasteiger partial charge is 0.441 e. The molecule has 1 aliphatic heterocycles. The van der Waals surface area contributed by atoms with Crippen molar-refractivity contribution in [2.75, 3.05) is 6.61 Å². The molecule has 0 radical (unpaired) electrons. The number of rotatable bonds is 6. The summed E-state index contributed by atoms with van der Waals surface area (Å²) in [6.45, 7) is 2.74. The Kier molecular flexibility index (Phi) is 5.25. The van der Waals surface area contributed by atoms with E-state index in [1.165, 1.54) is 12.1 Å². The highest BCUT2D eigenvalue weighted by Crippen LogP contribution is 2.21. The second-order valence-corrected chi connectivity index (χ2v) is 6.03.